The molecule has 0 aromatic heterocycles. The fraction of sp³-hybridized carbons (Fsp3) is 0.150. The van der Waals surface area contributed by atoms with Crippen LogP contribution in [0.3, 0.4) is 0 Å². The van der Waals surface area contributed by atoms with Gasteiger partial charge in [0, 0.05) is 0 Å². The van der Waals surface area contributed by atoms with Crippen molar-refractivity contribution in [2.45, 2.75) is 13.5 Å². The SMILES string of the molecule is Cc1cccc(CN2C(=O)S/C(=C\c3ccc(OCC(=O)O)c(Cl)c3)C2=O)c1. The highest BCUT2D eigenvalue weighted by molar-refractivity contribution is 8.18. The Kier molecular flexibility index (Phi) is 6.06. The quantitative estimate of drug-likeness (QED) is 0.703. The van der Waals surface area contributed by atoms with Crippen LogP contribution in [0.2, 0.25) is 5.02 Å². The lowest BCUT2D eigenvalue weighted by Crippen LogP contribution is -2.27. The Hall–Kier alpha value is -2.77. The largest absolute Gasteiger partial charge is 0.480 e. The van der Waals surface area contributed by atoms with E-state index in [9.17, 15) is 14.4 Å². The first-order chi connectivity index (χ1) is 13.3. The van der Waals surface area contributed by atoms with Crippen LogP contribution in [-0.4, -0.2) is 33.7 Å². The molecule has 1 aliphatic rings. The molecule has 1 fully saturated rings. The predicted octanol–water partition coefficient (Wildman–Crippen LogP) is 4.35. The monoisotopic (exact) mass is 417 g/mol. The van der Waals surface area contributed by atoms with Crippen molar-refractivity contribution in [1.29, 1.82) is 0 Å². The van der Waals surface area contributed by atoms with Crippen LogP contribution in [-0.2, 0) is 16.1 Å². The second-order valence-corrected chi connectivity index (χ2v) is 7.53. The summed E-state index contributed by atoms with van der Waals surface area (Å²) in [5.74, 6) is -1.24. The Morgan fingerprint density at radius 1 is 1.25 bits per heavy atom. The number of hydrogen-bond donors (Lipinski definition) is 1. The number of carbonyl (C=O) groups excluding carboxylic acids is 2. The molecule has 6 nitrogen and oxygen atoms in total. The van der Waals surface area contributed by atoms with Crippen molar-refractivity contribution in [1.82, 2.24) is 4.90 Å². The first kappa shape index (κ1) is 20.0. The molecule has 0 radical (unpaired) electrons. The van der Waals surface area contributed by atoms with Crippen molar-refractivity contribution in [3.8, 4) is 5.75 Å². The summed E-state index contributed by atoms with van der Waals surface area (Å²) in [6.07, 6.45) is 1.58. The van der Waals surface area contributed by atoms with E-state index in [0.717, 1.165) is 22.9 Å². The molecule has 1 N–H and O–H groups in total. The van der Waals surface area contributed by atoms with Crippen molar-refractivity contribution in [2.75, 3.05) is 6.61 Å². The summed E-state index contributed by atoms with van der Waals surface area (Å²) in [7, 11) is 0. The van der Waals surface area contributed by atoms with E-state index in [0.29, 0.717) is 10.5 Å². The molecule has 0 unspecified atom stereocenters. The molecule has 28 heavy (non-hydrogen) atoms. The Morgan fingerprint density at radius 2 is 2.04 bits per heavy atom. The van der Waals surface area contributed by atoms with Gasteiger partial charge in [-0.15, -0.1) is 0 Å². The van der Waals surface area contributed by atoms with Crippen molar-refractivity contribution in [3.05, 3.63) is 69.1 Å². The van der Waals surface area contributed by atoms with Crippen LogP contribution in [0.4, 0.5) is 4.79 Å². The minimum Gasteiger partial charge on any atom is -0.480 e. The number of hydrogen-bond acceptors (Lipinski definition) is 5. The van der Waals surface area contributed by atoms with Gasteiger partial charge in [-0.2, -0.15) is 0 Å². The average molecular weight is 418 g/mol. The fourth-order valence-electron chi connectivity index (χ4n) is 2.64. The molecular formula is C20H16ClNO5S. The van der Waals surface area contributed by atoms with Gasteiger partial charge in [-0.3, -0.25) is 14.5 Å². The molecule has 2 aromatic rings. The normalized spacial score (nSPS) is 15.4. The van der Waals surface area contributed by atoms with Gasteiger partial charge >= 0.3 is 5.97 Å². The third kappa shape index (κ3) is 4.74. The summed E-state index contributed by atoms with van der Waals surface area (Å²) >= 11 is 6.97. The van der Waals surface area contributed by atoms with E-state index in [4.69, 9.17) is 21.4 Å². The highest BCUT2D eigenvalue weighted by Gasteiger charge is 2.35. The van der Waals surface area contributed by atoms with Gasteiger partial charge in [0.05, 0.1) is 16.5 Å². The molecule has 8 heteroatoms. The van der Waals surface area contributed by atoms with Gasteiger partial charge in [0.1, 0.15) is 5.75 Å². The Bertz CT molecular complexity index is 988. The second-order valence-electron chi connectivity index (χ2n) is 6.13. The molecule has 0 saturated carbocycles. The minimum atomic E-state index is -1.11. The molecule has 2 amide bonds. The Morgan fingerprint density at radius 3 is 2.71 bits per heavy atom. The molecule has 2 aromatic carbocycles. The Balaban J connectivity index is 1.76. The number of amides is 2. The van der Waals surface area contributed by atoms with Gasteiger partial charge in [-0.25, -0.2) is 4.79 Å². The highest BCUT2D eigenvalue weighted by atomic mass is 35.5. The zero-order valence-electron chi connectivity index (χ0n) is 14.8. The Labute approximate surface area is 170 Å². The molecular weight excluding hydrogens is 402 g/mol. The lowest BCUT2D eigenvalue weighted by atomic mass is 10.1. The van der Waals surface area contributed by atoms with Crippen molar-refractivity contribution in [2.24, 2.45) is 0 Å². The predicted molar refractivity (Wildman–Crippen MR) is 107 cm³/mol. The van der Waals surface area contributed by atoms with Crippen LogP contribution in [0.15, 0.2) is 47.4 Å². The molecule has 0 spiro atoms. The molecule has 0 atom stereocenters. The van der Waals surface area contributed by atoms with Crippen LogP contribution >= 0.6 is 23.4 Å². The maximum atomic E-state index is 12.6. The maximum Gasteiger partial charge on any atom is 0.341 e. The topological polar surface area (TPSA) is 83.9 Å². The van der Waals surface area contributed by atoms with Crippen LogP contribution in [0.1, 0.15) is 16.7 Å². The zero-order valence-corrected chi connectivity index (χ0v) is 16.4. The van der Waals surface area contributed by atoms with Gasteiger partial charge in [-0.05, 0) is 48.0 Å². The van der Waals surface area contributed by atoms with E-state index < -0.39 is 12.6 Å². The summed E-state index contributed by atoms with van der Waals surface area (Å²) in [6.45, 7) is 1.66. The van der Waals surface area contributed by atoms with E-state index in [1.54, 1.807) is 18.2 Å². The number of aryl methyl sites for hydroxylation is 1. The molecule has 0 aliphatic carbocycles. The summed E-state index contributed by atoms with van der Waals surface area (Å²) < 4.78 is 5.07. The molecule has 3 rings (SSSR count). The number of carbonyl (C=O) groups is 3. The van der Waals surface area contributed by atoms with Gasteiger partial charge in [0.2, 0.25) is 0 Å². The van der Waals surface area contributed by atoms with Gasteiger partial charge in [0.25, 0.3) is 11.1 Å². The fourth-order valence-corrected chi connectivity index (χ4v) is 3.73. The summed E-state index contributed by atoms with van der Waals surface area (Å²) in [6, 6.07) is 12.3. The second kappa shape index (κ2) is 8.50. The minimum absolute atomic E-state index is 0.215. The van der Waals surface area contributed by atoms with E-state index >= 15 is 0 Å². The number of ether oxygens (including phenoxy) is 1. The summed E-state index contributed by atoms with van der Waals surface area (Å²) in [5.41, 5.74) is 2.54. The third-order valence-electron chi connectivity index (χ3n) is 3.90. The molecule has 0 bridgehead atoms. The maximum absolute atomic E-state index is 12.6. The van der Waals surface area contributed by atoms with Crippen LogP contribution < -0.4 is 4.74 Å². The summed E-state index contributed by atoms with van der Waals surface area (Å²) in [5, 5.41) is 8.54. The number of nitrogens with zero attached hydrogens (tertiary/aromatic N) is 1. The van der Waals surface area contributed by atoms with Crippen LogP contribution in [0, 0.1) is 6.92 Å². The van der Waals surface area contributed by atoms with E-state index in [-0.39, 0.29) is 28.5 Å². The number of benzene rings is 2. The van der Waals surface area contributed by atoms with Gasteiger partial charge in [0.15, 0.2) is 6.61 Å². The lowest BCUT2D eigenvalue weighted by Gasteiger charge is -2.12. The third-order valence-corrected chi connectivity index (χ3v) is 5.10. The zero-order chi connectivity index (χ0) is 20.3. The van der Waals surface area contributed by atoms with Crippen LogP contribution in [0.5, 0.6) is 5.75 Å². The first-order valence-electron chi connectivity index (χ1n) is 8.28. The van der Waals surface area contributed by atoms with Crippen molar-refractivity contribution >= 4 is 46.6 Å². The summed E-state index contributed by atoms with van der Waals surface area (Å²) in [4.78, 5) is 37.0. The van der Waals surface area contributed by atoms with Gasteiger partial charge in [-0.1, -0.05) is 47.5 Å². The number of aliphatic carboxylic acids is 1. The van der Waals surface area contributed by atoms with E-state index in [2.05, 4.69) is 0 Å². The van der Waals surface area contributed by atoms with Crippen molar-refractivity contribution in [3.63, 3.8) is 0 Å². The average Bonchev–Trinajstić information content (AvgIpc) is 2.88. The number of thioether (sulfide) groups is 1. The lowest BCUT2D eigenvalue weighted by molar-refractivity contribution is -0.139. The number of carboxylic acid groups (broad SMARTS) is 1. The van der Waals surface area contributed by atoms with Gasteiger partial charge < -0.3 is 9.84 Å². The van der Waals surface area contributed by atoms with E-state index in [1.165, 1.54) is 11.0 Å². The molecule has 1 heterocycles. The highest BCUT2D eigenvalue weighted by Crippen LogP contribution is 2.34. The number of rotatable bonds is 6. The standard InChI is InChI=1S/C20H16ClNO5S/c1-12-3-2-4-14(7-12)10-22-19(25)17(28-20(22)26)9-13-5-6-16(15(21)8-13)27-11-18(23)24/h2-9H,10-11H2,1H3,(H,23,24)/b17-9-. The number of carboxylic acids is 1. The van der Waals surface area contributed by atoms with E-state index in [1.807, 2.05) is 31.2 Å². The van der Waals surface area contributed by atoms with Crippen molar-refractivity contribution < 1.29 is 24.2 Å². The van der Waals surface area contributed by atoms with Crippen LogP contribution in [0.25, 0.3) is 6.08 Å². The first-order valence-corrected chi connectivity index (χ1v) is 9.48. The molecule has 1 saturated heterocycles. The molecule has 1 aliphatic heterocycles. The smallest absolute Gasteiger partial charge is 0.341 e. The number of imide groups is 1. The number of halogens is 1. The molecule has 144 valence electrons.